The highest BCUT2D eigenvalue weighted by molar-refractivity contribution is 5.95. The van der Waals surface area contributed by atoms with Crippen molar-refractivity contribution in [2.45, 2.75) is 13.1 Å². The maximum Gasteiger partial charge on any atom is 0.251 e. The summed E-state index contributed by atoms with van der Waals surface area (Å²) in [6.07, 6.45) is 0. The summed E-state index contributed by atoms with van der Waals surface area (Å²) in [7, 11) is 0. The molecular weight excluding hydrogens is 275 g/mol. The maximum absolute atomic E-state index is 13.7. The Morgan fingerprint density at radius 2 is 1.81 bits per heavy atom. The Bertz CT molecular complexity index is 654. The molecule has 1 amide bonds. The summed E-state index contributed by atoms with van der Waals surface area (Å²) in [5.74, 6) is -1.42. The van der Waals surface area contributed by atoms with Crippen LogP contribution in [0.15, 0.2) is 36.4 Å². The molecule has 0 saturated heterocycles. The van der Waals surface area contributed by atoms with E-state index in [4.69, 9.17) is 5.73 Å². The third-order valence-electron chi connectivity index (χ3n) is 2.96. The van der Waals surface area contributed by atoms with Gasteiger partial charge in [-0.05, 0) is 23.8 Å². The Labute approximate surface area is 120 Å². The number of aromatic hydroxyl groups is 2. The lowest BCUT2D eigenvalue weighted by Crippen LogP contribution is -2.23. The minimum Gasteiger partial charge on any atom is -0.508 e. The number of nitrogens with one attached hydrogen (secondary N) is 1. The Balaban J connectivity index is 2.07. The highest BCUT2D eigenvalue weighted by atomic mass is 19.1. The van der Waals surface area contributed by atoms with E-state index in [-0.39, 0.29) is 30.2 Å². The smallest absolute Gasteiger partial charge is 0.251 e. The first-order chi connectivity index (χ1) is 9.99. The fourth-order valence-corrected chi connectivity index (χ4v) is 1.86. The van der Waals surface area contributed by atoms with Crippen molar-refractivity contribution in [1.29, 1.82) is 0 Å². The molecule has 5 nitrogen and oxygen atoms in total. The second-order valence-corrected chi connectivity index (χ2v) is 4.55. The molecule has 5 N–H and O–H groups in total. The third kappa shape index (κ3) is 3.70. The van der Waals surface area contributed by atoms with E-state index in [0.29, 0.717) is 11.1 Å². The van der Waals surface area contributed by atoms with Crippen LogP contribution in [0.4, 0.5) is 4.39 Å². The fourth-order valence-electron chi connectivity index (χ4n) is 1.86. The van der Waals surface area contributed by atoms with E-state index in [9.17, 15) is 19.4 Å². The van der Waals surface area contributed by atoms with Crippen LogP contribution < -0.4 is 11.1 Å². The first-order valence-electron chi connectivity index (χ1n) is 6.28. The van der Waals surface area contributed by atoms with E-state index < -0.39 is 11.7 Å². The van der Waals surface area contributed by atoms with Gasteiger partial charge in [-0.3, -0.25) is 4.79 Å². The Kier molecular flexibility index (Phi) is 4.39. The summed E-state index contributed by atoms with van der Waals surface area (Å²) in [5, 5.41) is 21.2. The topological polar surface area (TPSA) is 95.6 Å². The number of carbonyl (C=O) groups excluding carboxylic acids is 1. The maximum atomic E-state index is 13.7. The van der Waals surface area contributed by atoms with Gasteiger partial charge in [-0.25, -0.2) is 4.39 Å². The monoisotopic (exact) mass is 290 g/mol. The average Bonchev–Trinajstić information content (AvgIpc) is 2.44. The molecule has 0 aliphatic heterocycles. The predicted molar refractivity (Wildman–Crippen MR) is 75.2 cm³/mol. The molecular formula is C15H15FN2O3. The first kappa shape index (κ1) is 14.8. The second kappa shape index (κ2) is 6.23. The van der Waals surface area contributed by atoms with Crippen LogP contribution in [0.5, 0.6) is 11.5 Å². The van der Waals surface area contributed by atoms with E-state index in [2.05, 4.69) is 5.32 Å². The van der Waals surface area contributed by atoms with Gasteiger partial charge in [-0.15, -0.1) is 0 Å². The zero-order valence-electron chi connectivity index (χ0n) is 11.1. The number of benzene rings is 2. The lowest BCUT2D eigenvalue weighted by Gasteiger charge is -2.08. The van der Waals surface area contributed by atoms with Gasteiger partial charge in [0.2, 0.25) is 0 Å². The Hall–Kier alpha value is -2.60. The van der Waals surface area contributed by atoms with Gasteiger partial charge in [0, 0.05) is 30.3 Å². The SMILES string of the molecule is NCc1ccc(CNC(=O)c2cc(O)cc(O)c2)c(F)c1. The van der Waals surface area contributed by atoms with Crippen LogP contribution in [0.2, 0.25) is 0 Å². The van der Waals surface area contributed by atoms with Crippen LogP contribution in [0.25, 0.3) is 0 Å². The molecule has 21 heavy (non-hydrogen) atoms. The van der Waals surface area contributed by atoms with Crippen LogP contribution >= 0.6 is 0 Å². The van der Waals surface area contributed by atoms with Crippen molar-refractivity contribution >= 4 is 5.91 Å². The van der Waals surface area contributed by atoms with Gasteiger partial charge in [0.15, 0.2) is 0 Å². The summed E-state index contributed by atoms with van der Waals surface area (Å²) >= 11 is 0. The Morgan fingerprint density at radius 3 is 2.38 bits per heavy atom. The molecule has 0 aromatic heterocycles. The second-order valence-electron chi connectivity index (χ2n) is 4.55. The lowest BCUT2D eigenvalue weighted by atomic mass is 10.1. The molecule has 6 heteroatoms. The summed E-state index contributed by atoms with van der Waals surface area (Å²) in [6.45, 7) is 0.234. The van der Waals surface area contributed by atoms with Crippen molar-refractivity contribution in [3.8, 4) is 11.5 Å². The van der Waals surface area contributed by atoms with Gasteiger partial charge in [-0.1, -0.05) is 12.1 Å². The predicted octanol–water partition coefficient (Wildman–Crippen LogP) is 1.63. The zero-order valence-corrected chi connectivity index (χ0v) is 11.1. The van der Waals surface area contributed by atoms with Crippen molar-refractivity contribution in [1.82, 2.24) is 5.32 Å². The van der Waals surface area contributed by atoms with Gasteiger partial charge in [-0.2, -0.15) is 0 Å². The van der Waals surface area contributed by atoms with Gasteiger partial charge in [0.1, 0.15) is 17.3 Å². The molecule has 0 aliphatic carbocycles. The highest BCUT2D eigenvalue weighted by Gasteiger charge is 2.10. The summed E-state index contributed by atoms with van der Waals surface area (Å²) in [6, 6.07) is 8.10. The quantitative estimate of drug-likeness (QED) is 0.688. The van der Waals surface area contributed by atoms with Gasteiger partial charge >= 0.3 is 0 Å². The van der Waals surface area contributed by atoms with E-state index in [1.165, 1.54) is 18.2 Å². The Morgan fingerprint density at radius 1 is 1.14 bits per heavy atom. The van der Waals surface area contributed by atoms with E-state index in [1.807, 2.05) is 0 Å². The number of halogens is 1. The minimum atomic E-state index is -0.525. The molecule has 0 bridgehead atoms. The summed E-state index contributed by atoms with van der Waals surface area (Å²) in [5.41, 5.74) is 6.49. The number of phenols is 2. The van der Waals surface area contributed by atoms with Gasteiger partial charge < -0.3 is 21.3 Å². The number of phenolic OH excluding ortho intramolecular Hbond substituents is 2. The molecule has 2 rings (SSSR count). The van der Waals surface area contributed by atoms with Crippen molar-refractivity contribution in [3.63, 3.8) is 0 Å². The number of nitrogens with two attached hydrogens (primary N) is 1. The molecule has 0 aliphatic rings. The highest BCUT2D eigenvalue weighted by Crippen LogP contribution is 2.20. The molecule has 0 radical (unpaired) electrons. The van der Waals surface area contributed by atoms with Crippen LogP contribution in [0, 0.1) is 5.82 Å². The van der Waals surface area contributed by atoms with Crippen LogP contribution in [-0.2, 0) is 13.1 Å². The number of amides is 1. The van der Waals surface area contributed by atoms with Crippen molar-refractivity contribution in [2.24, 2.45) is 5.73 Å². The molecule has 0 fully saturated rings. The molecule has 0 heterocycles. The molecule has 0 atom stereocenters. The molecule has 0 unspecified atom stereocenters. The van der Waals surface area contributed by atoms with Crippen LogP contribution in [0.3, 0.4) is 0 Å². The van der Waals surface area contributed by atoms with Crippen LogP contribution in [0.1, 0.15) is 21.5 Å². The number of hydrogen-bond donors (Lipinski definition) is 4. The largest absolute Gasteiger partial charge is 0.508 e. The van der Waals surface area contributed by atoms with Crippen molar-refractivity contribution < 1.29 is 19.4 Å². The summed E-state index contributed by atoms with van der Waals surface area (Å²) in [4.78, 5) is 11.9. The summed E-state index contributed by atoms with van der Waals surface area (Å²) < 4.78 is 13.7. The van der Waals surface area contributed by atoms with Crippen molar-refractivity contribution in [3.05, 3.63) is 58.9 Å². The average molecular weight is 290 g/mol. The normalized spacial score (nSPS) is 10.4. The molecule has 0 spiro atoms. The van der Waals surface area contributed by atoms with Gasteiger partial charge in [0.05, 0.1) is 0 Å². The standard InChI is InChI=1S/C15H15FN2O3/c16-14-3-9(7-17)1-2-10(14)8-18-15(21)11-4-12(19)6-13(20)5-11/h1-6,19-20H,7-8,17H2,(H,18,21). The third-order valence-corrected chi connectivity index (χ3v) is 2.96. The number of hydrogen-bond acceptors (Lipinski definition) is 4. The van der Waals surface area contributed by atoms with Crippen LogP contribution in [-0.4, -0.2) is 16.1 Å². The zero-order chi connectivity index (χ0) is 15.4. The fraction of sp³-hybridized carbons (Fsp3) is 0.133. The van der Waals surface area contributed by atoms with E-state index >= 15 is 0 Å². The lowest BCUT2D eigenvalue weighted by molar-refractivity contribution is 0.0950. The number of carbonyl (C=O) groups is 1. The van der Waals surface area contributed by atoms with E-state index in [1.54, 1.807) is 12.1 Å². The minimum absolute atomic E-state index is 0.00800. The first-order valence-corrected chi connectivity index (χ1v) is 6.28. The van der Waals surface area contributed by atoms with Gasteiger partial charge in [0.25, 0.3) is 5.91 Å². The molecule has 2 aromatic rings. The number of rotatable bonds is 4. The van der Waals surface area contributed by atoms with E-state index in [0.717, 1.165) is 6.07 Å². The molecule has 2 aromatic carbocycles. The molecule has 110 valence electrons. The van der Waals surface area contributed by atoms with Crippen molar-refractivity contribution in [2.75, 3.05) is 0 Å². The molecule has 0 saturated carbocycles.